The summed E-state index contributed by atoms with van der Waals surface area (Å²) in [6.07, 6.45) is 6.34. The van der Waals surface area contributed by atoms with Crippen molar-refractivity contribution in [1.82, 2.24) is 4.90 Å². The lowest BCUT2D eigenvalue weighted by molar-refractivity contribution is -0.127. The third kappa shape index (κ3) is 3.38. The van der Waals surface area contributed by atoms with Gasteiger partial charge in [-0.15, -0.1) is 0 Å². The van der Waals surface area contributed by atoms with Gasteiger partial charge in [0.15, 0.2) is 0 Å². The number of nitrogens with zero attached hydrogens (tertiary/aromatic N) is 1. The highest BCUT2D eigenvalue weighted by Crippen LogP contribution is 2.47. The summed E-state index contributed by atoms with van der Waals surface area (Å²) in [4.78, 5) is 13.9. The summed E-state index contributed by atoms with van der Waals surface area (Å²) in [6.45, 7) is 3.92. The molecular formula is C17H23NO3. The zero-order chi connectivity index (χ0) is 14.8. The van der Waals surface area contributed by atoms with Crippen molar-refractivity contribution in [3.63, 3.8) is 0 Å². The van der Waals surface area contributed by atoms with Gasteiger partial charge in [0.1, 0.15) is 11.5 Å². The maximum absolute atomic E-state index is 12.1. The molecule has 1 aliphatic carbocycles. The van der Waals surface area contributed by atoms with Crippen LogP contribution in [0.3, 0.4) is 0 Å². The topological polar surface area (TPSA) is 53.7 Å². The highest BCUT2D eigenvalue weighted by molar-refractivity contribution is 5.91. The Morgan fingerprint density at radius 3 is 2.76 bits per heavy atom. The summed E-state index contributed by atoms with van der Waals surface area (Å²) >= 11 is 0. The molecule has 1 amide bonds. The first kappa shape index (κ1) is 14.4. The second-order valence-corrected chi connectivity index (χ2v) is 6.34. The summed E-state index contributed by atoms with van der Waals surface area (Å²) < 4.78 is 5.76. The Morgan fingerprint density at radius 1 is 1.43 bits per heavy atom. The molecule has 1 aliphatic heterocycles. The van der Waals surface area contributed by atoms with Gasteiger partial charge in [-0.2, -0.15) is 0 Å². The fourth-order valence-corrected chi connectivity index (χ4v) is 2.97. The smallest absolute Gasteiger partial charge is 0.246 e. The fourth-order valence-electron chi connectivity index (χ4n) is 2.97. The van der Waals surface area contributed by atoms with Crippen LogP contribution < -0.4 is 0 Å². The molecule has 4 heteroatoms. The molecule has 1 saturated heterocycles. The van der Waals surface area contributed by atoms with Crippen LogP contribution in [-0.2, 0) is 4.79 Å². The number of piperidine rings is 1. The van der Waals surface area contributed by atoms with Crippen molar-refractivity contribution >= 4 is 12.0 Å². The Morgan fingerprint density at radius 2 is 2.14 bits per heavy atom. The third-order valence-corrected chi connectivity index (χ3v) is 4.70. The fraction of sp³-hybridized carbons (Fsp3) is 0.588. The van der Waals surface area contributed by atoms with E-state index in [0.717, 1.165) is 43.4 Å². The number of carbonyl (C=O) groups excluding carboxylic acids is 1. The van der Waals surface area contributed by atoms with E-state index >= 15 is 0 Å². The molecule has 2 heterocycles. The largest absolute Gasteiger partial charge is 0.461 e. The number of amides is 1. The Hall–Kier alpha value is -1.55. The average Bonchev–Trinajstić information content (AvgIpc) is 3.06. The molecule has 1 aromatic heterocycles. The number of aliphatic hydroxyl groups is 1. The van der Waals surface area contributed by atoms with Gasteiger partial charge in [0, 0.05) is 31.7 Å². The van der Waals surface area contributed by atoms with Gasteiger partial charge in [-0.1, -0.05) is 6.92 Å². The van der Waals surface area contributed by atoms with Crippen molar-refractivity contribution in [3.8, 4) is 0 Å². The van der Waals surface area contributed by atoms with Crippen LogP contribution in [0, 0.1) is 11.8 Å². The van der Waals surface area contributed by atoms with Gasteiger partial charge in [-0.25, -0.2) is 0 Å². The monoisotopic (exact) mass is 289 g/mol. The molecule has 1 N–H and O–H groups in total. The second kappa shape index (κ2) is 6.06. The standard InChI is InChI=1S/C17H23NO3/c1-12-10-15(12)16-4-2-14(21-16)3-5-17(20)18-8-6-13(11-19)7-9-18/h2-5,12-13,15,19H,6-11H2,1H3/b5-3+. The minimum absolute atomic E-state index is 0.0316. The highest BCUT2D eigenvalue weighted by Gasteiger charge is 2.36. The van der Waals surface area contributed by atoms with E-state index in [1.54, 1.807) is 12.2 Å². The van der Waals surface area contributed by atoms with E-state index in [2.05, 4.69) is 6.92 Å². The zero-order valence-corrected chi connectivity index (χ0v) is 12.5. The SMILES string of the molecule is CC1CC1c1ccc(/C=C/C(=O)N2CCC(CO)CC2)o1. The number of hydrogen-bond donors (Lipinski definition) is 1. The maximum atomic E-state index is 12.1. The van der Waals surface area contributed by atoms with E-state index in [1.807, 2.05) is 17.0 Å². The molecule has 114 valence electrons. The highest BCUT2D eigenvalue weighted by atomic mass is 16.3. The molecule has 0 spiro atoms. The number of likely N-dealkylation sites (tertiary alicyclic amines) is 1. The lowest BCUT2D eigenvalue weighted by atomic mass is 9.98. The normalized spacial score (nSPS) is 26.5. The quantitative estimate of drug-likeness (QED) is 0.867. The van der Waals surface area contributed by atoms with Crippen molar-refractivity contribution in [2.45, 2.75) is 32.1 Å². The molecule has 4 nitrogen and oxygen atoms in total. The first-order valence-corrected chi connectivity index (χ1v) is 7.85. The van der Waals surface area contributed by atoms with Gasteiger partial charge < -0.3 is 14.4 Å². The van der Waals surface area contributed by atoms with Crippen LogP contribution in [0.25, 0.3) is 6.08 Å². The van der Waals surface area contributed by atoms with Crippen molar-refractivity contribution in [2.24, 2.45) is 11.8 Å². The Balaban J connectivity index is 1.53. The zero-order valence-electron chi connectivity index (χ0n) is 12.5. The molecule has 0 aromatic carbocycles. The molecule has 2 aliphatic rings. The maximum Gasteiger partial charge on any atom is 0.246 e. The van der Waals surface area contributed by atoms with Gasteiger partial charge in [0.05, 0.1) is 0 Å². The molecule has 2 unspecified atom stereocenters. The van der Waals surface area contributed by atoms with Crippen LogP contribution in [0.15, 0.2) is 22.6 Å². The molecule has 2 fully saturated rings. The molecule has 1 saturated carbocycles. The molecular weight excluding hydrogens is 266 g/mol. The molecule has 21 heavy (non-hydrogen) atoms. The van der Waals surface area contributed by atoms with E-state index in [-0.39, 0.29) is 12.5 Å². The van der Waals surface area contributed by atoms with Gasteiger partial charge in [0.2, 0.25) is 5.91 Å². The van der Waals surface area contributed by atoms with Gasteiger partial charge in [-0.05, 0) is 49.3 Å². The van der Waals surface area contributed by atoms with Gasteiger partial charge in [-0.3, -0.25) is 4.79 Å². The van der Waals surface area contributed by atoms with E-state index in [9.17, 15) is 4.79 Å². The lowest BCUT2D eigenvalue weighted by Crippen LogP contribution is -2.38. The van der Waals surface area contributed by atoms with E-state index in [4.69, 9.17) is 9.52 Å². The predicted octanol–water partition coefficient (Wildman–Crippen LogP) is 2.65. The van der Waals surface area contributed by atoms with Crippen molar-refractivity contribution in [3.05, 3.63) is 29.7 Å². The molecule has 2 atom stereocenters. The number of rotatable bonds is 4. The number of aliphatic hydroxyl groups excluding tert-OH is 1. The second-order valence-electron chi connectivity index (χ2n) is 6.34. The van der Waals surface area contributed by atoms with E-state index in [1.165, 1.54) is 6.42 Å². The Bertz CT molecular complexity index is 526. The summed E-state index contributed by atoms with van der Waals surface area (Å²) in [7, 11) is 0. The van der Waals surface area contributed by atoms with Gasteiger partial charge >= 0.3 is 0 Å². The van der Waals surface area contributed by atoms with Crippen LogP contribution in [-0.4, -0.2) is 35.6 Å². The molecule has 1 aromatic rings. The van der Waals surface area contributed by atoms with Crippen molar-refractivity contribution < 1.29 is 14.3 Å². The number of furan rings is 1. The predicted molar refractivity (Wildman–Crippen MR) is 80.7 cm³/mol. The molecule has 0 bridgehead atoms. The first-order valence-electron chi connectivity index (χ1n) is 7.85. The van der Waals surface area contributed by atoms with Crippen molar-refractivity contribution in [2.75, 3.05) is 19.7 Å². The minimum atomic E-state index is 0.0316. The molecule has 3 rings (SSSR count). The Kier molecular flexibility index (Phi) is 4.15. The van der Waals surface area contributed by atoms with Crippen LogP contribution in [0.5, 0.6) is 0 Å². The summed E-state index contributed by atoms with van der Waals surface area (Å²) in [5.41, 5.74) is 0. The van der Waals surface area contributed by atoms with Crippen LogP contribution in [0.4, 0.5) is 0 Å². The van der Waals surface area contributed by atoms with E-state index in [0.29, 0.717) is 11.8 Å². The lowest BCUT2D eigenvalue weighted by Gasteiger charge is -2.30. The summed E-state index contributed by atoms with van der Waals surface area (Å²) in [6, 6.07) is 3.95. The van der Waals surface area contributed by atoms with Crippen LogP contribution in [0.1, 0.15) is 43.6 Å². The Labute approximate surface area is 125 Å². The number of hydrogen-bond acceptors (Lipinski definition) is 3. The number of carbonyl (C=O) groups is 1. The van der Waals surface area contributed by atoms with Gasteiger partial charge in [0.25, 0.3) is 0 Å². The summed E-state index contributed by atoms with van der Waals surface area (Å²) in [5.74, 6) is 3.47. The first-order chi connectivity index (χ1) is 10.2. The van der Waals surface area contributed by atoms with Crippen LogP contribution in [0.2, 0.25) is 0 Å². The third-order valence-electron chi connectivity index (χ3n) is 4.70. The van der Waals surface area contributed by atoms with E-state index < -0.39 is 0 Å². The minimum Gasteiger partial charge on any atom is -0.461 e. The van der Waals surface area contributed by atoms with Crippen LogP contribution >= 0.6 is 0 Å². The average molecular weight is 289 g/mol. The summed E-state index contributed by atoms with van der Waals surface area (Å²) in [5, 5.41) is 9.11. The molecule has 0 radical (unpaired) electrons. The van der Waals surface area contributed by atoms with Crippen molar-refractivity contribution in [1.29, 1.82) is 0 Å².